The maximum absolute atomic E-state index is 17.4. The second-order valence-corrected chi connectivity index (χ2v) is 9.34. The van der Waals surface area contributed by atoms with Gasteiger partial charge in [-0.15, -0.1) is 0 Å². The first kappa shape index (κ1) is 21.1. The number of alkyl halides is 2. The molecule has 3 heterocycles. The van der Waals surface area contributed by atoms with Crippen LogP contribution in [-0.2, 0) is 10.8 Å². The van der Waals surface area contributed by atoms with Crippen molar-refractivity contribution in [2.75, 3.05) is 14.1 Å². The Morgan fingerprint density at radius 1 is 0.611 bits per heavy atom. The normalized spacial score (nSPS) is 20.2. The number of likely N-dealkylation sites (tertiary alicyclic amines) is 1. The van der Waals surface area contributed by atoms with E-state index in [1.165, 1.54) is 7.05 Å². The van der Waals surface area contributed by atoms with Crippen molar-refractivity contribution in [2.45, 2.75) is 16.9 Å². The molecule has 4 aromatic rings. The monoisotopic (exact) mass is 480 g/mol. The Hall–Kier alpha value is -4.19. The second kappa shape index (κ2) is 6.94. The summed E-state index contributed by atoms with van der Waals surface area (Å²) in [5, 5.41) is 0. The molecule has 6 heteroatoms. The summed E-state index contributed by atoms with van der Waals surface area (Å²) in [6.45, 7) is 0. The quantitative estimate of drug-likeness (QED) is 0.262. The van der Waals surface area contributed by atoms with Crippen LogP contribution in [0.4, 0.5) is 8.78 Å². The lowest BCUT2D eigenvalue weighted by molar-refractivity contribution is -0.137. The Labute approximate surface area is 207 Å². The highest BCUT2D eigenvalue weighted by Gasteiger charge is 2.81. The zero-order valence-electron chi connectivity index (χ0n) is 19.7. The van der Waals surface area contributed by atoms with Crippen molar-refractivity contribution < 1.29 is 18.3 Å². The topological polar surface area (TPSA) is 34.1 Å². The zero-order chi connectivity index (χ0) is 24.7. The van der Waals surface area contributed by atoms with Gasteiger partial charge in [0.2, 0.25) is 0 Å². The highest BCUT2D eigenvalue weighted by molar-refractivity contribution is 6.05. The average molecular weight is 481 g/mol. The van der Waals surface area contributed by atoms with Crippen molar-refractivity contribution in [1.82, 2.24) is 4.90 Å². The maximum atomic E-state index is 17.4. The number of para-hydroxylation sites is 4. The van der Waals surface area contributed by atoms with Crippen LogP contribution in [0.3, 0.4) is 0 Å². The van der Waals surface area contributed by atoms with Crippen LogP contribution in [0, 0.1) is 0 Å². The van der Waals surface area contributed by atoms with Gasteiger partial charge in [0.25, 0.3) is 0 Å². The van der Waals surface area contributed by atoms with Gasteiger partial charge >= 0.3 is 6.05 Å². The van der Waals surface area contributed by atoms with Crippen LogP contribution in [0.25, 0.3) is 0 Å². The van der Waals surface area contributed by atoms with E-state index in [1.807, 2.05) is 60.7 Å². The van der Waals surface area contributed by atoms with Gasteiger partial charge in [-0.2, -0.15) is 8.78 Å². The van der Waals surface area contributed by atoms with Crippen molar-refractivity contribution in [3.8, 4) is 23.0 Å². The number of hydrogen-bond acceptors (Lipinski definition) is 3. The Balaban J connectivity index is 1.80. The van der Waals surface area contributed by atoms with E-state index in [0.29, 0.717) is 45.3 Å². The lowest BCUT2D eigenvalue weighted by Crippen LogP contribution is -2.59. The number of nitrogens with zero attached hydrogens (tertiary/aromatic N) is 2. The molecule has 0 unspecified atom stereocenters. The molecule has 0 bridgehead atoms. The van der Waals surface area contributed by atoms with Crippen molar-refractivity contribution in [3.63, 3.8) is 0 Å². The highest BCUT2D eigenvalue weighted by atomic mass is 19.3. The molecule has 0 amide bonds. The summed E-state index contributed by atoms with van der Waals surface area (Å²) >= 11 is 0. The number of amidine groups is 1. The molecular weight excluding hydrogens is 458 g/mol. The van der Waals surface area contributed by atoms with Gasteiger partial charge in [0.15, 0.2) is 0 Å². The number of rotatable bonds is 0. The summed E-state index contributed by atoms with van der Waals surface area (Å²) in [4.78, 5) is 5.65. The van der Waals surface area contributed by atoms with E-state index in [1.54, 1.807) is 43.4 Å². The molecule has 3 aliphatic rings. The molecule has 4 aromatic carbocycles. The Kier molecular flexibility index (Phi) is 4.07. The van der Waals surface area contributed by atoms with Gasteiger partial charge in [-0.1, -0.05) is 72.8 Å². The second-order valence-electron chi connectivity index (χ2n) is 9.34. The minimum Gasteiger partial charge on any atom is -0.457 e. The average Bonchev–Trinajstić information content (AvgIpc) is 3.05. The lowest BCUT2D eigenvalue weighted by Gasteiger charge is -2.51. The van der Waals surface area contributed by atoms with E-state index in [2.05, 4.69) is 4.99 Å². The SMILES string of the molecule is CN=C1N(C)C(F)(F)C2(c3ccccc3Oc3ccccc32)C12c1ccccc1Oc1ccccc12. The number of benzene rings is 4. The third-order valence-electron chi connectivity index (χ3n) is 7.90. The third-order valence-corrected chi connectivity index (χ3v) is 7.90. The van der Waals surface area contributed by atoms with Gasteiger partial charge in [-0.25, -0.2) is 0 Å². The first-order valence-corrected chi connectivity index (χ1v) is 11.8. The molecule has 7 rings (SSSR count). The number of halogens is 2. The first-order valence-electron chi connectivity index (χ1n) is 11.8. The summed E-state index contributed by atoms with van der Waals surface area (Å²) < 4.78 is 47.4. The van der Waals surface area contributed by atoms with Crippen LogP contribution in [0.5, 0.6) is 23.0 Å². The molecule has 2 spiro atoms. The Bertz CT molecular complexity index is 1490. The van der Waals surface area contributed by atoms with Crippen molar-refractivity contribution in [1.29, 1.82) is 0 Å². The van der Waals surface area contributed by atoms with Crippen LogP contribution < -0.4 is 9.47 Å². The van der Waals surface area contributed by atoms with Gasteiger partial charge in [-0.3, -0.25) is 4.99 Å². The molecule has 0 saturated carbocycles. The summed E-state index contributed by atoms with van der Waals surface area (Å²) in [5.41, 5.74) is -1.23. The maximum Gasteiger partial charge on any atom is 0.341 e. The molecule has 0 N–H and O–H groups in total. The fourth-order valence-electron chi connectivity index (χ4n) is 6.71. The predicted molar refractivity (Wildman–Crippen MR) is 134 cm³/mol. The number of aliphatic imine (C=N–C) groups is 1. The number of likely N-dealkylation sites (N-methyl/N-ethyl adjacent to an activating group) is 1. The minimum atomic E-state index is -3.39. The van der Waals surface area contributed by atoms with Crippen LogP contribution in [0.15, 0.2) is 102 Å². The van der Waals surface area contributed by atoms with Crippen LogP contribution in [0.2, 0.25) is 0 Å². The van der Waals surface area contributed by atoms with E-state index in [0.717, 1.165) is 4.90 Å². The van der Waals surface area contributed by atoms with Gasteiger partial charge in [-0.05, 0) is 24.3 Å². The van der Waals surface area contributed by atoms with Gasteiger partial charge in [0, 0.05) is 36.3 Å². The smallest absolute Gasteiger partial charge is 0.341 e. The van der Waals surface area contributed by atoms with Crippen molar-refractivity contribution in [3.05, 3.63) is 119 Å². The summed E-state index contributed by atoms with van der Waals surface area (Å²) in [6, 6.07) is 25.7. The standard InChI is InChI=1S/C30H22F2N2O2/c1-33-27-28(19-11-3-7-15-23(19)35-24-16-8-4-12-20(24)28)29(30(31,32)34(27)2)21-13-5-9-17-25(21)36-26-18-10-6-14-22(26)29/h3-18H,1-2H3. The van der Waals surface area contributed by atoms with Crippen LogP contribution in [-0.4, -0.2) is 30.9 Å². The summed E-state index contributed by atoms with van der Waals surface area (Å²) in [5.74, 6) is 2.14. The van der Waals surface area contributed by atoms with Gasteiger partial charge < -0.3 is 14.4 Å². The fraction of sp³-hybridized carbons (Fsp3) is 0.167. The van der Waals surface area contributed by atoms with Crippen molar-refractivity contribution >= 4 is 5.84 Å². The number of hydrogen-bond donors (Lipinski definition) is 0. The van der Waals surface area contributed by atoms with E-state index < -0.39 is 16.9 Å². The molecule has 178 valence electrons. The molecular formula is C30H22F2N2O2. The van der Waals surface area contributed by atoms with Crippen LogP contribution in [0.1, 0.15) is 22.3 Å². The molecule has 4 nitrogen and oxygen atoms in total. The van der Waals surface area contributed by atoms with Gasteiger partial charge in [0.1, 0.15) is 39.7 Å². The lowest BCUT2D eigenvalue weighted by atomic mass is 9.50. The molecule has 36 heavy (non-hydrogen) atoms. The van der Waals surface area contributed by atoms with Crippen LogP contribution >= 0.6 is 0 Å². The Morgan fingerprint density at radius 3 is 1.39 bits per heavy atom. The molecule has 0 aromatic heterocycles. The minimum absolute atomic E-state index is 0.266. The molecule has 0 atom stereocenters. The van der Waals surface area contributed by atoms with Crippen molar-refractivity contribution in [2.24, 2.45) is 4.99 Å². The molecule has 0 aliphatic carbocycles. The fourth-order valence-corrected chi connectivity index (χ4v) is 6.71. The highest BCUT2D eigenvalue weighted by Crippen LogP contribution is 2.72. The van der Waals surface area contributed by atoms with E-state index in [-0.39, 0.29) is 5.84 Å². The van der Waals surface area contributed by atoms with E-state index in [4.69, 9.17) is 9.47 Å². The third kappa shape index (κ3) is 2.13. The zero-order valence-corrected chi connectivity index (χ0v) is 19.7. The van der Waals surface area contributed by atoms with E-state index in [9.17, 15) is 0 Å². The van der Waals surface area contributed by atoms with E-state index >= 15 is 8.78 Å². The Morgan fingerprint density at radius 2 is 0.972 bits per heavy atom. The molecule has 0 radical (unpaired) electrons. The molecule has 1 saturated heterocycles. The largest absolute Gasteiger partial charge is 0.457 e. The molecule has 1 fully saturated rings. The summed E-state index contributed by atoms with van der Waals surface area (Å²) in [6.07, 6.45) is 0. The summed E-state index contributed by atoms with van der Waals surface area (Å²) in [7, 11) is 3.01. The number of ether oxygens (including phenoxy) is 2. The van der Waals surface area contributed by atoms with Gasteiger partial charge in [0.05, 0.1) is 0 Å². The predicted octanol–water partition coefficient (Wildman–Crippen LogP) is 6.74. The first-order chi connectivity index (χ1) is 17.5. The molecule has 3 aliphatic heterocycles. The number of fused-ring (bicyclic) bond motifs is 9.